The predicted octanol–water partition coefficient (Wildman–Crippen LogP) is 0.643. The number of carbonyl (C=O) groups excluding carboxylic acids is 2. The maximum atomic E-state index is 10.8. The van der Waals surface area contributed by atoms with Crippen LogP contribution in [0.25, 0.3) is 0 Å². The number of rotatable bonds is 6. The Morgan fingerprint density at radius 3 is 2.43 bits per heavy atom. The van der Waals surface area contributed by atoms with Gasteiger partial charge in [-0.2, -0.15) is 0 Å². The minimum absolute atomic E-state index is 0.178. The van der Waals surface area contributed by atoms with Crippen molar-refractivity contribution < 1.29 is 23.8 Å². The first-order chi connectivity index (χ1) is 6.56. The summed E-state index contributed by atoms with van der Waals surface area (Å²) in [5.74, 6) is -1.30. The second-order valence-corrected chi connectivity index (χ2v) is 2.69. The van der Waals surface area contributed by atoms with E-state index < -0.39 is 18.4 Å². The van der Waals surface area contributed by atoms with Gasteiger partial charge in [-0.1, -0.05) is 12.2 Å². The van der Waals surface area contributed by atoms with Gasteiger partial charge in [-0.15, -0.1) is 0 Å². The Hall–Kier alpha value is -1.36. The van der Waals surface area contributed by atoms with Crippen molar-refractivity contribution in [2.24, 2.45) is 0 Å². The number of hydrogen-bond acceptors (Lipinski definition) is 5. The minimum atomic E-state index is -0.668. The van der Waals surface area contributed by atoms with Crippen molar-refractivity contribution in [3.63, 3.8) is 0 Å². The van der Waals surface area contributed by atoms with Crippen molar-refractivity contribution in [2.75, 3.05) is 20.5 Å². The maximum Gasteiger partial charge on any atom is 0.319 e. The lowest BCUT2D eigenvalue weighted by Gasteiger charge is -2.04. The van der Waals surface area contributed by atoms with E-state index in [2.05, 4.69) is 16.1 Å². The summed E-state index contributed by atoms with van der Waals surface area (Å²) in [5.41, 5.74) is 0.828. The molecule has 5 nitrogen and oxygen atoms in total. The molecule has 0 N–H and O–H groups in total. The molecule has 0 aliphatic rings. The summed E-state index contributed by atoms with van der Waals surface area (Å²) in [6.45, 7) is 5.53. The summed E-state index contributed by atoms with van der Waals surface area (Å²) >= 11 is 0. The van der Waals surface area contributed by atoms with E-state index in [4.69, 9.17) is 4.74 Å². The highest BCUT2D eigenvalue weighted by molar-refractivity contribution is 5.91. The highest BCUT2D eigenvalue weighted by Crippen LogP contribution is 1.92. The molecule has 0 heterocycles. The van der Waals surface area contributed by atoms with Crippen molar-refractivity contribution in [1.29, 1.82) is 0 Å². The molecule has 80 valence electrons. The highest BCUT2D eigenvalue weighted by Gasteiger charge is 2.09. The molecule has 0 saturated carbocycles. The van der Waals surface area contributed by atoms with E-state index in [0.29, 0.717) is 6.61 Å². The zero-order valence-corrected chi connectivity index (χ0v) is 8.37. The summed E-state index contributed by atoms with van der Waals surface area (Å²) in [6.07, 6.45) is -0.396. The normalized spacial score (nSPS) is 9.29. The second-order valence-electron chi connectivity index (χ2n) is 2.69. The molecule has 0 spiro atoms. The van der Waals surface area contributed by atoms with Crippen LogP contribution in [0, 0.1) is 0 Å². The summed E-state index contributed by atoms with van der Waals surface area (Å²) in [5, 5.41) is 0. The van der Waals surface area contributed by atoms with E-state index in [-0.39, 0.29) is 6.79 Å². The van der Waals surface area contributed by atoms with E-state index in [1.54, 1.807) is 6.92 Å². The van der Waals surface area contributed by atoms with Crippen LogP contribution in [-0.4, -0.2) is 32.4 Å². The van der Waals surface area contributed by atoms with Crippen molar-refractivity contribution in [1.82, 2.24) is 0 Å². The lowest BCUT2D eigenvalue weighted by Crippen LogP contribution is -2.14. The van der Waals surface area contributed by atoms with Gasteiger partial charge in [-0.05, 0) is 6.92 Å². The molecule has 0 saturated heterocycles. The number of esters is 2. The number of carbonyl (C=O) groups is 2. The van der Waals surface area contributed by atoms with Crippen LogP contribution in [0.3, 0.4) is 0 Å². The summed E-state index contributed by atoms with van der Waals surface area (Å²) in [7, 11) is 1.20. The SMILES string of the molecule is C=C(C)COCOC(=O)CC(=O)OC. The van der Waals surface area contributed by atoms with Crippen LogP contribution in [0.15, 0.2) is 12.2 Å². The topological polar surface area (TPSA) is 61.8 Å². The Kier molecular flexibility index (Phi) is 6.39. The Bertz CT molecular complexity index is 221. The van der Waals surface area contributed by atoms with Crippen LogP contribution in [0.5, 0.6) is 0 Å². The van der Waals surface area contributed by atoms with Crippen LogP contribution in [0.1, 0.15) is 13.3 Å². The molecule has 0 bridgehead atoms. The Morgan fingerprint density at radius 2 is 1.93 bits per heavy atom. The molecule has 0 aliphatic heterocycles. The molecule has 5 heteroatoms. The van der Waals surface area contributed by atoms with Gasteiger partial charge in [0.05, 0.1) is 13.7 Å². The maximum absolute atomic E-state index is 10.8. The van der Waals surface area contributed by atoms with Crippen molar-refractivity contribution >= 4 is 11.9 Å². The van der Waals surface area contributed by atoms with Gasteiger partial charge in [0, 0.05) is 0 Å². The average Bonchev–Trinajstić information content (AvgIpc) is 2.12. The van der Waals surface area contributed by atoms with E-state index in [1.807, 2.05) is 0 Å². The molecule has 0 aromatic carbocycles. The van der Waals surface area contributed by atoms with E-state index in [1.165, 1.54) is 7.11 Å². The molecule has 14 heavy (non-hydrogen) atoms. The third kappa shape index (κ3) is 7.30. The van der Waals surface area contributed by atoms with Crippen molar-refractivity contribution in [2.45, 2.75) is 13.3 Å². The van der Waals surface area contributed by atoms with Gasteiger partial charge in [0.1, 0.15) is 6.42 Å². The molecule has 0 unspecified atom stereocenters. The van der Waals surface area contributed by atoms with Gasteiger partial charge in [0.25, 0.3) is 0 Å². The van der Waals surface area contributed by atoms with Gasteiger partial charge in [0.2, 0.25) is 0 Å². The third-order valence-corrected chi connectivity index (χ3v) is 1.17. The monoisotopic (exact) mass is 202 g/mol. The first kappa shape index (κ1) is 12.6. The quantitative estimate of drug-likeness (QED) is 0.208. The molecule has 0 fully saturated rings. The Morgan fingerprint density at radius 1 is 1.29 bits per heavy atom. The summed E-state index contributed by atoms with van der Waals surface area (Å²) in [4.78, 5) is 21.4. The first-order valence-corrected chi connectivity index (χ1v) is 4.00. The standard InChI is InChI=1S/C9H14O5/c1-7(2)5-13-6-14-9(11)4-8(10)12-3/h1,4-6H2,2-3H3. The van der Waals surface area contributed by atoms with Crippen LogP contribution in [-0.2, 0) is 23.8 Å². The Labute approximate surface area is 82.6 Å². The van der Waals surface area contributed by atoms with E-state index in [0.717, 1.165) is 5.57 Å². The minimum Gasteiger partial charge on any atom is -0.469 e. The van der Waals surface area contributed by atoms with Crippen LogP contribution < -0.4 is 0 Å². The molecule has 0 amide bonds. The molecular formula is C9H14O5. The first-order valence-electron chi connectivity index (χ1n) is 4.00. The Balaban J connectivity index is 3.45. The van der Waals surface area contributed by atoms with E-state index in [9.17, 15) is 9.59 Å². The van der Waals surface area contributed by atoms with Crippen LogP contribution >= 0.6 is 0 Å². The molecule has 0 atom stereocenters. The largest absolute Gasteiger partial charge is 0.469 e. The number of hydrogen-bond donors (Lipinski definition) is 0. The van der Waals surface area contributed by atoms with Gasteiger partial charge in [-0.3, -0.25) is 9.59 Å². The molecule has 0 aliphatic carbocycles. The van der Waals surface area contributed by atoms with Crippen molar-refractivity contribution in [3.8, 4) is 0 Å². The second kappa shape index (κ2) is 7.08. The van der Waals surface area contributed by atoms with Crippen molar-refractivity contribution in [3.05, 3.63) is 12.2 Å². The van der Waals surface area contributed by atoms with Gasteiger partial charge in [0.15, 0.2) is 6.79 Å². The average molecular weight is 202 g/mol. The number of methoxy groups -OCH3 is 1. The van der Waals surface area contributed by atoms with Gasteiger partial charge >= 0.3 is 11.9 Å². The molecule has 0 radical (unpaired) electrons. The smallest absolute Gasteiger partial charge is 0.319 e. The fourth-order valence-corrected chi connectivity index (χ4v) is 0.564. The zero-order chi connectivity index (χ0) is 11.0. The van der Waals surface area contributed by atoms with E-state index >= 15 is 0 Å². The summed E-state index contributed by atoms with van der Waals surface area (Å²) < 4.78 is 13.7. The number of ether oxygens (including phenoxy) is 3. The molecule has 0 rings (SSSR count). The third-order valence-electron chi connectivity index (χ3n) is 1.17. The fraction of sp³-hybridized carbons (Fsp3) is 0.556. The predicted molar refractivity (Wildman–Crippen MR) is 48.4 cm³/mol. The lowest BCUT2D eigenvalue weighted by molar-refractivity contribution is -0.161. The zero-order valence-electron chi connectivity index (χ0n) is 8.37. The fourth-order valence-electron chi connectivity index (χ4n) is 0.564. The lowest BCUT2D eigenvalue weighted by atomic mass is 10.4. The van der Waals surface area contributed by atoms with Crippen LogP contribution in [0.4, 0.5) is 0 Å². The molecule has 0 aromatic heterocycles. The molecular weight excluding hydrogens is 188 g/mol. The highest BCUT2D eigenvalue weighted by atomic mass is 16.7. The van der Waals surface area contributed by atoms with Gasteiger partial charge < -0.3 is 14.2 Å². The summed E-state index contributed by atoms with van der Waals surface area (Å²) in [6, 6.07) is 0. The molecule has 0 aromatic rings. The van der Waals surface area contributed by atoms with Crippen LogP contribution in [0.2, 0.25) is 0 Å². The van der Waals surface area contributed by atoms with Gasteiger partial charge in [-0.25, -0.2) is 0 Å².